The predicted octanol–water partition coefficient (Wildman–Crippen LogP) is 3.21. The van der Waals surface area contributed by atoms with Crippen LogP contribution in [0.2, 0.25) is 0 Å². The van der Waals surface area contributed by atoms with Gasteiger partial charge in [-0.25, -0.2) is 9.59 Å². The Hall–Kier alpha value is -3.32. The first-order chi connectivity index (χ1) is 14.1. The van der Waals surface area contributed by atoms with E-state index < -0.39 is 6.09 Å². The highest BCUT2D eigenvalue weighted by Gasteiger charge is 2.34. The molecule has 2 aliphatic heterocycles. The first-order valence-electron chi connectivity index (χ1n) is 9.50. The molecule has 152 valence electrons. The van der Waals surface area contributed by atoms with E-state index in [1.807, 2.05) is 60.7 Å². The molecule has 2 bridgehead atoms. The monoisotopic (exact) mass is 395 g/mol. The van der Waals surface area contributed by atoms with Crippen LogP contribution in [0, 0.1) is 0 Å². The van der Waals surface area contributed by atoms with E-state index in [-0.39, 0.29) is 12.7 Å². The molecule has 7 nitrogen and oxygen atoms in total. The minimum Gasteiger partial charge on any atom is -0.445 e. The van der Waals surface area contributed by atoms with Crippen LogP contribution in [-0.4, -0.2) is 24.3 Å². The fourth-order valence-corrected chi connectivity index (χ4v) is 3.08. The molecular weight excluding hydrogens is 370 g/mol. The average Bonchev–Trinajstić information content (AvgIpc) is 2.72. The van der Waals surface area contributed by atoms with Gasteiger partial charge in [-0.15, -0.1) is 0 Å². The molecule has 0 spiro atoms. The summed E-state index contributed by atoms with van der Waals surface area (Å²) in [6, 6.07) is 20.0. The third kappa shape index (κ3) is 6.65. The molecular formula is C22H25N3O4. The fourth-order valence-electron chi connectivity index (χ4n) is 3.08. The standard InChI is InChI=1S/C14H16N2O2.C8H9NO2/c17-14(18-9-10-4-2-1-3-5-10)16-12-7-6-11-8-13(12)15-11;9-8(10)11-6-7-4-2-1-3-5-7/h1-5,7,11,13,15H,6,8-9H2,(H,16,17);1-5H,6H2,(H2,9,10). The maximum atomic E-state index is 11.6. The second-order valence-corrected chi connectivity index (χ2v) is 6.83. The van der Waals surface area contributed by atoms with Gasteiger partial charge < -0.3 is 20.5 Å². The van der Waals surface area contributed by atoms with Crippen molar-refractivity contribution < 1.29 is 19.1 Å². The predicted molar refractivity (Wildman–Crippen MR) is 109 cm³/mol. The van der Waals surface area contributed by atoms with E-state index in [0.717, 1.165) is 29.7 Å². The molecule has 1 fully saturated rings. The molecule has 2 aromatic rings. The van der Waals surface area contributed by atoms with Gasteiger partial charge in [-0.3, -0.25) is 5.32 Å². The second-order valence-electron chi connectivity index (χ2n) is 6.83. The molecule has 2 atom stereocenters. The molecule has 1 aliphatic carbocycles. The summed E-state index contributed by atoms with van der Waals surface area (Å²) in [4.78, 5) is 21.8. The SMILES string of the molecule is NC(=O)OCc1ccccc1.O=C(NC1=CCC2CC1N2)OCc1ccccc1. The van der Waals surface area contributed by atoms with Crippen LogP contribution in [0.1, 0.15) is 24.0 Å². The van der Waals surface area contributed by atoms with Gasteiger partial charge in [-0.05, 0) is 24.0 Å². The molecule has 1 saturated heterocycles. The number of carbonyl (C=O) groups is 2. The second kappa shape index (κ2) is 10.3. The van der Waals surface area contributed by atoms with Crippen LogP contribution < -0.4 is 16.4 Å². The van der Waals surface area contributed by atoms with Crippen molar-refractivity contribution in [2.45, 2.75) is 38.1 Å². The number of carbonyl (C=O) groups excluding carboxylic acids is 2. The highest BCUT2D eigenvalue weighted by atomic mass is 16.5. The van der Waals surface area contributed by atoms with Crippen molar-refractivity contribution in [1.82, 2.24) is 10.6 Å². The van der Waals surface area contributed by atoms with Crippen molar-refractivity contribution in [3.05, 3.63) is 83.6 Å². The van der Waals surface area contributed by atoms with Crippen molar-refractivity contribution >= 4 is 12.2 Å². The lowest BCUT2D eigenvalue weighted by atomic mass is 9.86. The summed E-state index contributed by atoms with van der Waals surface area (Å²) in [6.45, 7) is 0.552. The Morgan fingerprint density at radius 3 is 2.00 bits per heavy atom. The number of fused-ring (bicyclic) bond motifs is 1. The normalized spacial score (nSPS) is 18.8. The quantitative estimate of drug-likeness (QED) is 0.721. The van der Waals surface area contributed by atoms with Gasteiger partial charge in [-0.2, -0.15) is 0 Å². The molecule has 4 N–H and O–H groups in total. The van der Waals surface area contributed by atoms with Gasteiger partial charge in [0, 0.05) is 17.8 Å². The molecule has 2 heterocycles. The van der Waals surface area contributed by atoms with Gasteiger partial charge >= 0.3 is 12.2 Å². The lowest BCUT2D eigenvalue weighted by molar-refractivity contribution is 0.139. The maximum absolute atomic E-state index is 11.6. The third-order valence-electron chi connectivity index (χ3n) is 4.64. The summed E-state index contributed by atoms with van der Waals surface area (Å²) in [5.41, 5.74) is 7.66. The van der Waals surface area contributed by atoms with Crippen LogP contribution in [0.25, 0.3) is 0 Å². The van der Waals surface area contributed by atoms with Crippen LogP contribution >= 0.6 is 0 Å². The molecule has 2 aromatic carbocycles. The number of nitrogens with two attached hydrogens (primary N) is 1. The van der Waals surface area contributed by atoms with Gasteiger partial charge in [-0.1, -0.05) is 66.7 Å². The van der Waals surface area contributed by atoms with E-state index in [4.69, 9.17) is 10.5 Å². The third-order valence-corrected chi connectivity index (χ3v) is 4.64. The first kappa shape index (κ1) is 20.4. The van der Waals surface area contributed by atoms with Gasteiger partial charge in [0.05, 0.1) is 0 Å². The van der Waals surface area contributed by atoms with E-state index >= 15 is 0 Å². The molecule has 5 rings (SSSR count). The summed E-state index contributed by atoms with van der Waals surface area (Å²) in [7, 11) is 0. The molecule has 29 heavy (non-hydrogen) atoms. The van der Waals surface area contributed by atoms with Gasteiger partial charge in [0.1, 0.15) is 13.2 Å². The molecule has 0 saturated carbocycles. The van der Waals surface area contributed by atoms with E-state index in [1.165, 1.54) is 0 Å². The van der Waals surface area contributed by atoms with Crippen LogP contribution in [0.15, 0.2) is 72.4 Å². The Kier molecular flexibility index (Phi) is 7.24. The summed E-state index contributed by atoms with van der Waals surface area (Å²) >= 11 is 0. The molecule has 2 amide bonds. The summed E-state index contributed by atoms with van der Waals surface area (Å²) in [5, 5.41) is 6.18. The zero-order chi connectivity index (χ0) is 20.5. The minimum absolute atomic E-state index is 0.246. The van der Waals surface area contributed by atoms with Crippen molar-refractivity contribution in [3.63, 3.8) is 0 Å². The lowest BCUT2D eigenvalue weighted by Crippen LogP contribution is -2.58. The zero-order valence-corrected chi connectivity index (χ0v) is 16.0. The topological polar surface area (TPSA) is 103 Å². The van der Waals surface area contributed by atoms with Crippen LogP contribution in [-0.2, 0) is 22.7 Å². The molecule has 0 aromatic heterocycles. The fraction of sp³-hybridized carbons (Fsp3) is 0.273. The van der Waals surface area contributed by atoms with Crippen molar-refractivity contribution in [2.24, 2.45) is 5.73 Å². The van der Waals surface area contributed by atoms with Crippen LogP contribution in [0.5, 0.6) is 0 Å². The summed E-state index contributed by atoms with van der Waals surface area (Å²) in [5.74, 6) is 0. The van der Waals surface area contributed by atoms with E-state index in [0.29, 0.717) is 18.7 Å². The Morgan fingerprint density at radius 1 is 0.966 bits per heavy atom. The summed E-state index contributed by atoms with van der Waals surface area (Å²) in [6.07, 6.45) is 3.07. The lowest BCUT2D eigenvalue weighted by Gasteiger charge is -2.42. The van der Waals surface area contributed by atoms with Crippen LogP contribution in [0.3, 0.4) is 0 Å². The number of benzene rings is 2. The maximum Gasteiger partial charge on any atom is 0.411 e. The molecule has 2 unspecified atom stereocenters. The Labute approximate surface area is 169 Å². The zero-order valence-electron chi connectivity index (χ0n) is 16.0. The number of hydrogen-bond donors (Lipinski definition) is 3. The number of hydrogen-bond acceptors (Lipinski definition) is 5. The molecule has 7 heteroatoms. The number of primary amides is 1. The van der Waals surface area contributed by atoms with E-state index in [2.05, 4.69) is 21.4 Å². The van der Waals surface area contributed by atoms with E-state index in [9.17, 15) is 9.59 Å². The minimum atomic E-state index is -0.742. The number of rotatable bonds is 5. The number of alkyl carbamates (subject to hydrolysis) is 1. The van der Waals surface area contributed by atoms with Gasteiger partial charge in [0.2, 0.25) is 0 Å². The van der Waals surface area contributed by atoms with Gasteiger partial charge in [0.25, 0.3) is 0 Å². The highest BCUT2D eigenvalue weighted by molar-refractivity contribution is 5.70. The van der Waals surface area contributed by atoms with Crippen molar-refractivity contribution in [2.75, 3.05) is 0 Å². The highest BCUT2D eigenvalue weighted by Crippen LogP contribution is 2.26. The van der Waals surface area contributed by atoms with Crippen LogP contribution in [0.4, 0.5) is 9.59 Å². The number of ether oxygens (including phenoxy) is 2. The number of nitrogens with one attached hydrogen (secondary N) is 2. The first-order valence-corrected chi connectivity index (χ1v) is 9.50. The van der Waals surface area contributed by atoms with Crippen molar-refractivity contribution in [1.29, 1.82) is 0 Å². The number of amides is 2. The Balaban J connectivity index is 0.000000188. The molecule has 0 radical (unpaired) electrons. The average molecular weight is 395 g/mol. The largest absolute Gasteiger partial charge is 0.445 e. The van der Waals surface area contributed by atoms with E-state index in [1.54, 1.807) is 0 Å². The molecule has 3 aliphatic rings. The Bertz CT molecular complexity index is 834. The van der Waals surface area contributed by atoms with Gasteiger partial charge in [0.15, 0.2) is 0 Å². The van der Waals surface area contributed by atoms with Crippen molar-refractivity contribution in [3.8, 4) is 0 Å². The summed E-state index contributed by atoms with van der Waals surface area (Å²) < 4.78 is 9.74. The smallest absolute Gasteiger partial charge is 0.411 e. The Morgan fingerprint density at radius 2 is 1.52 bits per heavy atom.